The van der Waals surface area contributed by atoms with Crippen LogP contribution in [-0.2, 0) is 13.0 Å². The van der Waals surface area contributed by atoms with Crippen molar-refractivity contribution >= 4 is 17.4 Å². The highest BCUT2D eigenvalue weighted by molar-refractivity contribution is 6.32. The number of nitrogens with zero attached hydrogens (tertiary/aromatic N) is 2. The average molecular weight is 307 g/mol. The largest absolute Gasteiger partial charge is 0.485 e. The summed E-state index contributed by atoms with van der Waals surface area (Å²) in [6.45, 7) is 4.09. The zero-order valence-corrected chi connectivity index (χ0v) is 12.6. The van der Waals surface area contributed by atoms with Crippen molar-refractivity contribution in [1.29, 1.82) is 0 Å². The molecule has 1 aliphatic carbocycles. The minimum atomic E-state index is 0.0670. The number of rotatable bonds is 4. The van der Waals surface area contributed by atoms with E-state index in [1.54, 1.807) is 12.1 Å². The molecule has 1 aliphatic rings. The van der Waals surface area contributed by atoms with E-state index in [4.69, 9.17) is 20.9 Å². The van der Waals surface area contributed by atoms with E-state index in [1.807, 2.05) is 13.8 Å². The van der Waals surface area contributed by atoms with Gasteiger partial charge in [-0.2, -0.15) is 4.98 Å². The Balaban J connectivity index is 1.85. The van der Waals surface area contributed by atoms with Crippen LogP contribution in [-0.4, -0.2) is 15.9 Å². The summed E-state index contributed by atoms with van der Waals surface area (Å²) in [5.74, 6) is 1.76. The maximum absolute atomic E-state index is 12.1. The van der Waals surface area contributed by atoms with Gasteiger partial charge in [-0.25, -0.2) is 0 Å². The zero-order chi connectivity index (χ0) is 15.0. The summed E-state index contributed by atoms with van der Waals surface area (Å²) in [7, 11) is 0. The van der Waals surface area contributed by atoms with Gasteiger partial charge in [0.15, 0.2) is 12.4 Å². The van der Waals surface area contributed by atoms with Crippen molar-refractivity contribution < 1.29 is 14.1 Å². The summed E-state index contributed by atoms with van der Waals surface area (Å²) in [6, 6.07) is 3.48. The number of benzene rings is 1. The molecule has 6 heteroatoms. The molecule has 0 fully saturated rings. The molecular weight excluding hydrogens is 292 g/mol. The van der Waals surface area contributed by atoms with Crippen LogP contribution in [0.15, 0.2) is 16.7 Å². The van der Waals surface area contributed by atoms with Gasteiger partial charge in [-0.1, -0.05) is 30.6 Å². The normalized spacial score (nSPS) is 17.1. The molecule has 0 amide bonds. The number of hydrogen-bond acceptors (Lipinski definition) is 5. The van der Waals surface area contributed by atoms with Crippen LogP contribution in [0.3, 0.4) is 0 Å². The van der Waals surface area contributed by atoms with Gasteiger partial charge < -0.3 is 9.26 Å². The number of halogens is 1. The molecule has 21 heavy (non-hydrogen) atoms. The average Bonchev–Trinajstić information content (AvgIpc) is 3.04. The minimum Gasteiger partial charge on any atom is -0.485 e. The van der Waals surface area contributed by atoms with Crippen LogP contribution in [0.2, 0.25) is 5.02 Å². The van der Waals surface area contributed by atoms with Gasteiger partial charge in [0, 0.05) is 17.9 Å². The Kier molecular flexibility index (Phi) is 3.68. The first-order chi connectivity index (χ1) is 10.1. The van der Waals surface area contributed by atoms with Crippen molar-refractivity contribution in [1.82, 2.24) is 10.1 Å². The Hall–Kier alpha value is -1.88. The summed E-state index contributed by atoms with van der Waals surface area (Å²) in [6.07, 6.45) is 1.15. The third-order valence-electron chi connectivity index (χ3n) is 3.59. The predicted molar refractivity (Wildman–Crippen MR) is 76.8 cm³/mol. The molecule has 2 aromatic rings. The van der Waals surface area contributed by atoms with E-state index in [1.165, 1.54) is 0 Å². The Bertz CT molecular complexity index is 696. The first-order valence-corrected chi connectivity index (χ1v) is 7.27. The minimum absolute atomic E-state index is 0.0670. The van der Waals surface area contributed by atoms with E-state index in [9.17, 15) is 4.79 Å². The molecule has 0 spiro atoms. The number of hydrogen-bond donors (Lipinski definition) is 0. The third kappa shape index (κ3) is 2.53. The predicted octanol–water partition coefficient (Wildman–Crippen LogP) is 3.55. The molecule has 5 nitrogen and oxygen atoms in total. The van der Waals surface area contributed by atoms with Crippen LogP contribution in [0.5, 0.6) is 5.75 Å². The molecule has 1 heterocycles. The van der Waals surface area contributed by atoms with E-state index in [-0.39, 0.29) is 18.3 Å². The monoisotopic (exact) mass is 306 g/mol. The van der Waals surface area contributed by atoms with Gasteiger partial charge in [0.2, 0.25) is 11.7 Å². The number of aryl methyl sites for hydroxylation is 1. The molecule has 1 atom stereocenters. The molecule has 110 valence electrons. The number of Topliss-reactive ketones (excluding diaryl/α,β-unsaturated/α-hetero) is 1. The molecule has 0 unspecified atom stereocenters. The second kappa shape index (κ2) is 5.48. The van der Waals surface area contributed by atoms with Crippen LogP contribution in [0.1, 0.15) is 53.8 Å². The number of aromatic nitrogens is 2. The lowest BCUT2D eigenvalue weighted by Crippen LogP contribution is -2.03. The van der Waals surface area contributed by atoms with Crippen molar-refractivity contribution in [2.45, 2.75) is 39.2 Å². The molecule has 0 saturated heterocycles. The molecule has 0 saturated carbocycles. The Labute approximate surface area is 127 Å². The quantitative estimate of drug-likeness (QED) is 0.864. The first kappa shape index (κ1) is 14.1. The van der Waals surface area contributed by atoms with Crippen LogP contribution >= 0.6 is 11.6 Å². The maximum atomic E-state index is 12.1. The van der Waals surface area contributed by atoms with Gasteiger partial charge in [-0.15, -0.1) is 0 Å². The van der Waals surface area contributed by atoms with Gasteiger partial charge >= 0.3 is 0 Å². The highest BCUT2D eigenvalue weighted by Gasteiger charge is 2.31. The molecule has 1 aromatic carbocycles. The maximum Gasteiger partial charge on any atom is 0.226 e. The SMILES string of the molecule is CCc1nc(COc2ccc(Cl)c3c2C(=O)C[C@@H]3C)no1. The fourth-order valence-corrected chi connectivity index (χ4v) is 2.92. The van der Waals surface area contributed by atoms with Crippen LogP contribution < -0.4 is 4.74 Å². The summed E-state index contributed by atoms with van der Waals surface area (Å²) in [5, 5.41) is 4.44. The summed E-state index contributed by atoms with van der Waals surface area (Å²) in [5.41, 5.74) is 1.47. The first-order valence-electron chi connectivity index (χ1n) is 6.90. The van der Waals surface area contributed by atoms with Gasteiger partial charge in [0.05, 0.1) is 5.56 Å². The second-order valence-electron chi connectivity index (χ2n) is 5.11. The van der Waals surface area contributed by atoms with Crippen molar-refractivity contribution in [2.24, 2.45) is 0 Å². The summed E-state index contributed by atoms with van der Waals surface area (Å²) >= 11 is 6.19. The molecule has 1 aromatic heterocycles. The fraction of sp³-hybridized carbons (Fsp3) is 0.400. The number of ether oxygens (including phenoxy) is 1. The van der Waals surface area contributed by atoms with E-state index in [0.29, 0.717) is 40.9 Å². The summed E-state index contributed by atoms with van der Waals surface area (Å²) in [4.78, 5) is 16.3. The number of carbonyl (C=O) groups is 1. The number of ketones is 1. The van der Waals surface area contributed by atoms with Gasteiger partial charge in [-0.05, 0) is 23.6 Å². The topological polar surface area (TPSA) is 65.2 Å². The van der Waals surface area contributed by atoms with Crippen molar-refractivity contribution in [2.75, 3.05) is 0 Å². The van der Waals surface area contributed by atoms with E-state index < -0.39 is 0 Å². The van der Waals surface area contributed by atoms with Gasteiger partial charge in [-0.3, -0.25) is 4.79 Å². The highest BCUT2D eigenvalue weighted by Crippen LogP contribution is 2.42. The summed E-state index contributed by atoms with van der Waals surface area (Å²) < 4.78 is 10.7. The van der Waals surface area contributed by atoms with Crippen molar-refractivity contribution in [3.05, 3.63) is 40.0 Å². The molecule has 0 radical (unpaired) electrons. The lowest BCUT2D eigenvalue weighted by molar-refractivity contribution is 0.0986. The lowest BCUT2D eigenvalue weighted by atomic mass is 10.0. The second-order valence-corrected chi connectivity index (χ2v) is 5.52. The van der Waals surface area contributed by atoms with Crippen molar-refractivity contribution in [3.8, 4) is 5.75 Å². The molecule has 0 bridgehead atoms. The zero-order valence-electron chi connectivity index (χ0n) is 11.9. The lowest BCUT2D eigenvalue weighted by Gasteiger charge is -2.11. The highest BCUT2D eigenvalue weighted by atomic mass is 35.5. The van der Waals surface area contributed by atoms with Crippen LogP contribution in [0, 0.1) is 0 Å². The molecule has 0 N–H and O–H groups in total. The van der Waals surface area contributed by atoms with Gasteiger partial charge in [0.25, 0.3) is 0 Å². The fourth-order valence-electron chi connectivity index (χ4n) is 2.58. The van der Waals surface area contributed by atoms with Crippen molar-refractivity contribution in [3.63, 3.8) is 0 Å². The van der Waals surface area contributed by atoms with Crippen LogP contribution in [0.25, 0.3) is 0 Å². The Morgan fingerprint density at radius 3 is 3.00 bits per heavy atom. The van der Waals surface area contributed by atoms with E-state index in [0.717, 1.165) is 5.56 Å². The Morgan fingerprint density at radius 1 is 1.48 bits per heavy atom. The third-order valence-corrected chi connectivity index (χ3v) is 3.92. The standard InChI is InChI=1S/C15H15ClN2O3/c1-3-13-17-12(18-21-13)7-20-11-5-4-9(16)14-8(2)6-10(19)15(11)14/h4-5,8H,3,6-7H2,1-2H3/t8-/m0/s1. The molecule has 0 aliphatic heterocycles. The smallest absolute Gasteiger partial charge is 0.226 e. The van der Waals surface area contributed by atoms with Crippen LogP contribution in [0.4, 0.5) is 0 Å². The molecular formula is C15H15ClN2O3. The van der Waals surface area contributed by atoms with E-state index >= 15 is 0 Å². The number of carbonyl (C=O) groups excluding carboxylic acids is 1. The number of fused-ring (bicyclic) bond motifs is 1. The van der Waals surface area contributed by atoms with Gasteiger partial charge in [0.1, 0.15) is 5.75 Å². The molecule has 3 rings (SSSR count). The Morgan fingerprint density at radius 2 is 2.29 bits per heavy atom. The van der Waals surface area contributed by atoms with E-state index in [2.05, 4.69) is 10.1 Å².